The van der Waals surface area contributed by atoms with Gasteiger partial charge in [-0.1, -0.05) is 0 Å². The fraction of sp³-hybridized carbons (Fsp3) is 0.304. The van der Waals surface area contributed by atoms with Crippen LogP contribution < -0.4 is 29.9 Å². The lowest BCUT2D eigenvalue weighted by atomic mass is 10.1. The first-order valence-corrected chi connectivity index (χ1v) is 11.7. The summed E-state index contributed by atoms with van der Waals surface area (Å²) in [7, 11) is 5.25. The lowest BCUT2D eigenvalue weighted by molar-refractivity contribution is 0.0955. The number of amides is 1. The Labute approximate surface area is 193 Å². The molecule has 1 heterocycles. The summed E-state index contributed by atoms with van der Waals surface area (Å²) >= 11 is 0. The molecule has 0 aliphatic heterocycles. The Morgan fingerprint density at radius 1 is 1.03 bits per heavy atom. The molecule has 3 rings (SSSR count). The van der Waals surface area contributed by atoms with Crippen LogP contribution in [0.15, 0.2) is 44.4 Å². The number of nitrogens with one attached hydrogen (secondary N) is 1. The molecule has 176 valence electrons. The highest BCUT2D eigenvalue weighted by atomic mass is 32.2. The van der Waals surface area contributed by atoms with Crippen LogP contribution in [0.25, 0.3) is 11.0 Å². The summed E-state index contributed by atoms with van der Waals surface area (Å²) in [6.45, 7) is 0.272. The molecule has 9 nitrogen and oxygen atoms in total. The minimum absolute atomic E-state index is 0.120. The highest BCUT2D eigenvalue weighted by Gasteiger charge is 2.28. The summed E-state index contributed by atoms with van der Waals surface area (Å²) in [6.07, 6.45) is 1.81. The maximum atomic E-state index is 12.7. The molecule has 0 aliphatic rings. The van der Waals surface area contributed by atoms with E-state index < -0.39 is 16.5 Å². The van der Waals surface area contributed by atoms with Crippen molar-refractivity contribution in [2.24, 2.45) is 0 Å². The minimum atomic E-state index is -0.681. The van der Waals surface area contributed by atoms with Gasteiger partial charge in [0.2, 0.25) is 5.75 Å². The van der Waals surface area contributed by atoms with Crippen LogP contribution in [0.5, 0.6) is 28.7 Å². The number of methoxy groups -OCH3 is 4. The number of aromatic hydroxyl groups is 1. The van der Waals surface area contributed by atoms with Gasteiger partial charge >= 0.3 is 5.63 Å². The minimum Gasteiger partial charge on any atom is -0.503 e. The Balaban J connectivity index is 1.74. The molecule has 1 amide bonds. The summed E-state index contributed by atoms with van der Waals surface area (Å²) in [6, 6.07) is 7.98. The third-order valence-electron chi connectivity index (χ3n) is 5.02. The van der Waals surface area contributed by atoms with Crippen molar-refractivity contribution in [3.63, 3.8) is 0 Å². The molecule has 1 atom stereocenters. The highest BCUT2D eigenvalue weighted by molar-refractivity contribution is 7.96. The van der Waals surface area contributed by atoms with Crippen molar-refractivity contribution in [2.45, 2.75) is 4.90 Å². The van der Waals surface area contributed by atoms with E-state index in [2.05, 4.69) is 5.32 Å². The molecular weight excluding hydrogens is 450 g/mol. The van der Waals surface area contributed by atoms with Gasteiger partial charge in [-0.2, -0.15) is 0 Å². The molecule has 10 heteroatoms. The second-order valence-corrected chi connectivity index (χ2v) is 9.03. The van der Waals surface area contributed by atoms with Gasteiger partial charge in [0.15, 0.2) is 17.2 Å². The second kappa shape index (κ2) is 10.4. The van der Waals surface area contributed by atoms with Gasteiger partial charge in [-0.15, -0.1) is 0 Å². The quantitative estimate of drug-likeness (QED) is 0.358. The summed E-state index contributed by atoms with van der Waals surface area (Å²) in [5, 5.41) is 13.9. The lowest BCUT2D eigenvalue weighted by Crippen LogP contribution is -2.30. The molecule has 0 bridgehead atoms. The van der Waals surface area contributed by atoms with E-state index in [1.54, 1.807) is 30.3 Å². The van der Waals surface area contributed by atoms with E-state index in [1.807, 2.05) is 6.26 Å². The van der Waals surface area contributed by atoms with Crippen molar-refractivity contribution in [2.75, 3.05) is 47.0 Å². The van der Waals surface area contributed by atoms with Crippen LogP contribution in [0.1, 0.15) is 10.4 Å². The van der Waals surface area contributed by atoms with E-state index in [9.17, 15) is 14.7 Å². The number of fused-ring (bicyclic) bond motifs is 1. The molecule has 2 aromatic carbocycles. The number of ether oxygens (including phenoxy) is 4. The predicted molar refractivity (Wildman–Crippen MR) is 126 cm³/mol. The monoisotopic (exact) mass is 476 g/mol. The molecule has 0 radical (unpaired) electrons. The molecule has 0 spiro atoms. The third-order valence-corrected chi connectivity index (χ3v) is 6.89. The Hall–Kier alpha value is -3.53. The van der Waals surface area contributed by atoms with Crippen molar-refractivity contribution in [1.29, 1.82) is 0 Å². The Morgan fingerprint density at radius 2 is 1.70 bits per heavy atom. The van der Waals surface area contributed by atoms with Crippen molar-refractivity contribution in [3.05, 3.63) is 46.3 Å². The van der Waals surface area contributed by atoms with Crippen LogP contribution in [0.3, 0.4) is 0 Å². The SMILES string of the molecule is COc1ccc2c(O)c([S+](C)CCNC(=O)c3cc(OC)c(OC)c(OC)c3)c(=O)oc2c1. The van der Waals surface area contributed by atoms with E-state index >= 15 is 0 Å². The van der Waals surface area contributed by atoms with E-state index in [-0.39, 0.29) is 28.7 Å². The van der Waals surface area contributed by atoms with E-state index in [0.717, 1.165) is 0 Å². The van der Waals surface area contributed by atoms with Crippen molar-refractivity contribution in [1.82, 2.24) is 5.32 Å². The fourth-order valence-electron chi connectivity index (χ4n) is 3.32. The van der Waals surface area contributed by atoms with Crippen LogP contribution in [0.4, 0.5) is 0 Å². The molecule has 33 heavy (non-hydrogen) atoms. The number of hydrogen-bond donors (Lipinski definition) is 2. The summed E-state index contributed by atoms with van der Waals surface area (Å²) < 4.78 is 26.4. The zero-order chi connectivity index (χ0) is 24.1. The van der Waals surface area contributed by atoms with Crippen LogP contribution in [0, 0.1) is 0 Å². The molecular formula is C23H26NO8S+. The molecule has 0 fully saturated rings. The standard InChI is InChI=1S/C23H25NO8S/c1-28-14-6-7-15-16(12-14)32-23(27)21(19(15)25)33(5)9-8-24-22(26)13-10-17(29-2)20(31-4)18(11-13)30-3/h6-7,10-12H,8-9H2,1-5H3,(H-,24,25,26,27)/p+1. The third kappa shape index (κ3) is 4.95. The zero-order valence-electron chi connectivity index (χ0n) is 19.0. The van der Waals surface area contributed by atoms with E-state index in [4.69, 9.17) is 23.4 Å². The number of carbonyl (C=O) groups excluding carboxylic acids is 1. The molecule has 2 N–H and O–H groups in total. The average molecular weight is 477 g/mol. The average Bonchev–Trinajstić information content (AvgIpc) is 2.82. The summed E-state index contributed by atoms with van der Waals surface area (Å²) in [5.74, 6) is 1.61. The summed E-state index contributed by atoms with van der Waals surface area (Å²) in [5.41, 5.74) is -0.0363. The first-order valence-electron chi connectivity index (χ1n) is 9.89. The Morgan fingerprint density at radius 3 is 2.27 bits per heavy atom. The van der Waals surface area contributed by atoms with Gasteiger partial charge in [0, 0.05) is 22.5 Å². The van der Waals surface area contributed by atoms with Gasteiger partial charge in [-0.25, -0.2) is 4.79 Å². The fourth-order valence-corrected chi connectivity index (χ4v) is 4.69. The maximum Gasteiger partial charge on any atom is 0.396 e. The van der Waals surface area contributed by atoms with Gasteiger partial charge in [0.25, 0.3) is 10.8 Å². The normalized spacial score (nSPS) is 11.7. The van der Waals surface area contributed by atoms with Gasteiger partial charge in [0.1, 0.15) is 23.3 Å². The number of rotatable bonds is 9. The molecule has 0 saturated heterocycles. The van der Waals surface area contributed by atoms with Gasteiger partial charge in [-0.05, 0) is 24.3 Å². The largest absolute Gasteiger partial charge is 0.503 e. The zero-order valence-corrected chi connectivity index (χ0v) is 19.8. The topological polar surface area (TPSA) is 116 Å². The first kappa shape index (κ1) is 24.1. The number of carbonyl (C=O) groups is 1. The lowest BCUT2D eigenvalue weighted by Gasteiger charge is -2.14. The first-order chi connectivity index (χ1) is 15.8. The number of benzene rings is 2. The van der Waals surface area contributed by atoms with E-state index in [1.165, 1.54) is 28.4 Å². The van der Waals surface area contributed by atoms with Crippen molar-refractivity contribution < 1.29 is 33.3 Å². The molecule has 0 saturated carbocycles. The van der Waals surface area contributed by atoms with Crippen molar-refractivity contribution >= 4 is 27.8 Å². The number of hydrogen-bond acceptors (Lipinski definition) is 8. The molecule has 1 unspecified atom stereocenters. The van der Waals surface area contributed by atoms with Gasteiger partial charge in [0.05, 0.1) is 40.4 Å². The smallest absolute Gasteiger partial charge is 0.396 e. The van der Waals surface area contributed by atoms with E-state index in [0.29, 0.717) is 39.7 Å². The molecule has 0 aliphatic carbocycles. The van der Waals surface area contributed by atoms with Crippen LogP contribution in [-0.4, -0.2) is 58.0 Å². The maximum absolute atomic E-state index is 12.7. The molecule has 1 aromatic heterocycles. The predicted octanol–water partition coefficient (Wildman–Crippen LogP) is 2.57. The Bertz CT molecular complexity index is 1200. The van der Waals surface area contributed by atoms with Gasteiger partial charge in [-0.3, -0.25) is 4.79 Å². The van der Waals surface area contributed by atoms with Crippen molar-refractivity contribution in [3.8, 4) is 28.7 Å². The Kier molecular flexibility index (Phi) is 7.59. The van der Waals surface area contributed by atoms with Crippen LogP contribution >= 0.6 is 0 Å². The van der Waals surface area contributed by atoms with Crippen LogP contribution in [-0.2, 0) is 10.9 Å². The second-order valence-electron chi connectivity index (χ2n) is 6.94. The van der Waals surface area contributed by atoms with Crippen LogP contribution in [0.2, 0.25) is 0 Å². The molecule has 3 aromatic rings. The highest BCUT2D eigenvalue weighted by Crippen LogP contribution is 2.38. The summed E-state index contributed by atoms with van der Waals surface area (Å²) in [4.78, 5) is 25.4. The van der Waals surface area contributed by atoms with Gasteiger partial charge < -0.3 is 33.8 Å².